The van der Waals surface area contributed by atoms with E-state index >= 15 is 0 Å². The molecule has 35 heavy (non-hydrogen) atoms. The molecule has 0 bridgehead atoms. The average molecular weight is 476 g/mol. The van der Waals surface area contributed by atoms with E-state index in [9.17, 15) is 9.59 Å². The Morgan fingerprint density at radius 1 is 1.26 bits per heavy atom. The number of nitrogens with zero attached hydrogens (tertiary/aromatic N) is 4. The first-order chi connectivity index (χ1) is 16.9. The number of benzene rings is 2. The summed E-state index contributed by atoms with van der Waals surface area (Å²) in [6.07, 6.45) is 6.62. The standard InChI is InChI=1S/C21H20N4O2.C5H9NO2/c1-2-15-5-3-6-16(13-15)25-19-8-7-17(27-12-11-24-9-4-10-24)14-18(19)20(23-25)21(22)26;1-6-3-2-4(7)5(6)8/h1,3,5-8,13-14H,4,9-12H2,(H2,22,26);4,7H,2-3H2,1H3. The lowest BCUT2D eigenvalue weighted by molar-refractivity contribution is -0.133. The van der Waals surface area contributed by atoms with Gasteiger partial charge in [0, 0.05) is 31.1 Å². The van der Waals surface area contributed by atoms with E-state index in [0.29, 0.717) is 30.7 Å². The molecule has 0 saturated carbocycles. The van der Waals surface area contributed by atoms with Gasteiger partial charge in [0.05, 0.1) is 11.2 Å². The Balaban J connectivity index is 0.000000308. The number of likely N-dealkylation sites (tertiary alicyclic amines) is 2. The number of fused-ring (bicyclic) bond motifs is 1. The van der Waals surface area contributed by atoms with Gasteiger partial charge >= 0.3 is 0 Å². The zero-order valence-corrected chi connectivity index (χ0v) is 19.7. The number of aliphatic hydroxyl groups is 1. The predicted octanol–water partition coefficient (Wildman–Crippen LogP) is 1.40. The van der Waals surface area contributed by atoms with Crippen molar-refractivity contribution in [2.24, 2.45) is 5.73 Å². The molecule has 1 atom stereocenters. The van der Waals surface area contributed by atoms with Crippen LogP contribution in [-0.2, 0) is 4.79 Å². The fourth-order valence-electron chi connectivity index (χ4n) is 4.00. The van der Waals surface area contributed by atoms with Crippen LogP contribution in [0.15, 0.2) is 42.5 Å². The van der Waals surface area contributed by atoms with E-state index in [1.54, 1.807) is 11.7 Å². The van der Waals surface area contributed by atoms with Crippen LogP contribution in [0.1, 0.15) is 28.9 Å². The first-order valence-electron chi connectivity index (χ1n) is 11.5. The molecule has 2 aliphatic rings. The van der Waals surface area contributed by atoms with Crippen LogP contribution in [0.4, 0.5) is 0 Å². The van der Waals surface area contributed by atoms with Crippen molar-refractivity contribution in [3.05, 3.63) is 53.7 Å². The topological polar surface area (TPSA) is 114 Å². The fraction of sp³-hybridized carbons (Fsp3) is 0.346. The summed E-state index contributed by atoms with van der Waals surface area (Å²) in [5.74, 6) is 2.58. The summed E-state index contributed by atoms with van der Waals surface area (Å²) >= 11 is 0. The highest BCUT2D eigenvalue weighted by atomic mass is 16.5. The molecule has 9 heteroatoms. The van der Waals surface area contributed by atoms with E-state index in [1.165, 1.54) is 11.3 Å². The third-order valence-electron chi connectivity index (χ3n) is 6.17. The summed E-state index contributed by atoms with van der Waals surface area (Å²) in [5.41, 5.74) is 8.04. The van der Waals surface area contributed by atoms with Crippen molar-refractivity contribution < 1.29 is 19.4 Å². The number of hydrogen-bond acceptors (Lipinski definition) is 6. The summed E-state index contributed by atoms with van der Waals surface area (Å²) in [7, 11) is 1.69. The molecular weight excluding hydrogens is 446 g/mol. The molecule has 2 amide bonds. The number of terminal acetylenes is 1. The number of amides is 2. The van der Waals surface area contributed by atoms with Crippen LogP contribution in [0.2, 0.25) is 0 Å². The molecule has 2 saturated heterocycles. The molecule has 1 aromatic heterocycles. The molecule has 0 aliphatic carbocycles. The maximum atomic E-state index is 11.9. The SMILES string of the molecule is C#Cc1cccc(-n2nc(C(N)=O)c3cc(OCCN4CCC4)ccc32)c1.CN1CCC(O)C1=O. The number of ether oxygens (including phenoxy) is 1. The number of carbonyl (C=O) groups excluding carboxylic acids is 2. The Kier molecular flexibility index (Phi) is 7.34. The predicted molar refractivity (Wildman–Crippen MR) is 132 cm³/mol. The zero-order valence-electron chi connectivity index (χ0n) is 19.7. The Hall–Kier alpha value is -3.87. The minimum Gasteiger partial charge on any atom is -0.492 e. The first-order valence-corrected chi connectivity index (χ1v) is 11.5. The van der Waals surface area contributed by atoms with E-state index in [1.807, 2.05) is 42.5 Å². The summed E-state index contributed by atoms with van der Waals surface area (Å²) in [4.78, 5) is 26.4. The van der Waals surface area contributed by atoms with E-state index < -0.39 is 12.0 Å². The number of hydrogen-bond donors (Lipinski definition) is 2. The molecule has 0 radical (unpaired) electrons. The van der Waals surface area contributed by atoms with Gasteiger partial charge in [-0.2, -0.15) is 5.10 Å². The Bertz CT molecular complexity index is 1260. The normalized spacial score (nSPS) is 17.5. The van der Waals surface area contributed by atoms with Crippen molar-refractivity contribution in [1.82, 2.24) is 19.6 Å². The van der Waals surface area contributed by atoms with Crippen molar-refractivity contribution in [3.8, 4) is 23.8 Å². The number of nitrogens with two attached hydrogens (primary N) is 1. The molecule has 1 unspecified atom stereocenters. The second-order valence-electron chi connectivity index (χ2n) is 8.61. The van der Waals surface area contributed by atoms with Gasteiger partial charge in [-0.3, -0.25) is 14.5 Å². The fourth-order valence-corrected chi connectivity index (χ4v) is 4.00. The monoisotopic (exact) mass is 475 g/mol. The highest BCUT2D eigenvalue weighted by Gasteiger charge is 2.26. The maximum Gasteiger partial charge on any atom is 0.269 e. The largest absolute Gasteiger partial charge is 0.492 e. The molecule has 2 aromatic carbocycles. The van der Waals surface area contributed by atoms with Crippen LogP contribution in [0, 0.1) is 12.3 Å². The minimum atomic E-state index is -0.722. The third-order valence-corrected chi connectivity index (χ3v) is 6.17. The summed E-state index contributed by atoms with van der Waals surface area (Å²) < 4.78 is 7.53. The van der Waals surface area contributed by atoms with Crippen molar-refractivity contribution in [3.63, 3.8) is 0 Å². The van der Waals surface area contributed by atoms with Gasteiger partial charge in [-0.1, -0.05) is 12.0 Å². The van der Waals surface area contributed by atoms with Gasteiger partial charge in [-0.15, -0.1) is 6.42 Å². The van der Waals surface area contributed by atoms with Gasteiger partial charge in [0.15, 0.2) is 5.69 Å². The minimum absolute atomic E-state index is 0.148. The van der Waals surface area contributed by atoms with Crippen LogP contribution in [0.3, 0.4) is 0 Å². The maximum absolute atomic E-state index is 11.9. The van der Waals surface area contributed by atoms with Crippen LogP contribution in [-0.4, -0.2) is 82.4 Å². The Morgan fingerprint density at radius 2 is 2.06 bits per heavy atom. The van der Waals surface area contributed by atoms with Crippen LogP contribution < -0.4 is 10.5 Å². The number of aromatic nitrogens is 2. The summed E-state index contributed by atoms with van der Waals surface area (Å²) in [5, 5.41) is 13.9. The van der Waals surface area contributed by atoms with E-state index in [-0.39, 0.29) is 11.6 Å². The molecular formula is C26H29N5O4. The van der Waals surface area contributed by atoms with Crippen LogP contribution >= 0.6 is 0 Å². The van der Waals surface area contributed by atoms with Gasteiger partial charge in [0.1, 0.15) is 18.5 Å². The lowest BCUT2D eigenvalue weighted by atomic mass is 10.1. The third kappa shape index (κ3) is 5.45. The Labute approximate surface area is 204 Å². The highest BCUT2D eigenvalue weighted by Crippen LogP contribution is 2.27. The van der Waals surface area contributed by atoms with Crippen LogP contribution in [0.25, 0.3) is 16.6 Å². The molecule has 0 spiro atoms. The van der Waals surface area contributed by atoms with Crippen molar-refractivity contribution in [1.29, 1.82) is 0 Å². The van der Waals surface area contributed by atoms with Crippen molar-refractivity contribution in [2.45, 2.75) is 18.9 Å². The van der Waals surface area contributed by atoms with E-state index in [0.717, 1.165) is 36.4 Å². The first kappa shape index (κ1) is 24.3. The average Bonchev–Trinajstić information content (AvgIpc) is 3.36. The molecule has 3 heterocycles. The smallest absolute Gasteiger partial charge is 0.269 e. The van der Waals surface area contributed by atoms with Crippen molar-refractivity contribution in [2.75, 3.05) is 39.8 Å². The molecule has 3 N–H and O–H groups in total. The van der Waals surface area contributed by atoms with Crippen LogP contribution in [0.5, 0.6) is 5.75 Å². The van der Waals surface area contributed by atoms with Gasteiger partial charge in [-0.25, -0.2) is 4.68 Å². The molecule has 182 valence electrons. The van der Waals surface area contributed by atoms with Gasteiger partial charge in [0.25, 0.3) is 11.8 Å². The lowest BCUT2D eigenvalue weighted by Crippen LogP contribution is -2.39. The number of rotatable bonds is 6. The van der Waals surface area contributed by atoms with E-state index in [2.05, 4.69) is 15.9 Å². The second kappa shape index (κ2) is 10.6. The molecule has 3 aromatic rings. The van der Waals surface area contributed by atoms with Gasteiger partial charge < -0.3 is 20.5 Å². The number of likely N-dealkylation sites (N-methyl/N-ethyl adjacent to an activating group) is 1. The van der Waals surface area contributed by atoms with Gasteiger partial charge in [0.2, 0.25) is 0 Å². The molecule has 2 aliphatic heterocycles. The number of carbonyl (C=O) groups is 2. The van der Waals surface area contributed by atoms with Crippen molar-refractivity contribution >= 4 is 22.7 Å². The second-order valence-corrected chi connectivity index (χ2v) is 8.61. The van der Waals surface area contributed by atoms with Gasteiger partial charge in [-0.05, 0) is 62.3 Å². The lowest BCUT2D eigenvalue weighted by Gasteiger charge is -2.30. The van der Waals surface area contributed by atoms with E-state index in [4.69, 9.17) is 22.0 Å². The Morgan fingerprint density at radius 3 is 2.63 bits per heavy atom. The number of aliphatic hydroxyl groups excluding tert-OH is 1. The molecule has 2 fully saturated rings. The highest BCUT2D eigenvalue weighted by molar-refractivity contribution is 6.04. The molecule has 5 rings (SSSR count). The molecule has 9 nitrogen and oxygen atoms in total. The number of primary amides is 1. The quantitative estimate of drug-likeness (QED) is 0.521. The summed E-state index contributed by atoms with van der Waals surface area (Å²) in [6, 6.07) is 13.0. The zero-order chi connectivity index (χ0) is 24.9. The summed E-state index contributed by atoms with van der Waals surface area (Å²) in [6.45, 7) is 4.48.